The van der Waals surface area contributed by atoms with Crippen LogP contribution in [-0.4, -0.2) is 87.3 Å². The smallest absolute Gasteiger partial charge is 0.475 e. The van der Waals surface area contributed by atoms with E-state index in [4.69, 9.17) is 33.5 Å². The maximum atomic E-state index is 16.3. The number of halogens is 1. The third kappa shape index (κ3) is 6.97. The number of anilines is 1. The molecule has 0 radical (unpaired) electrons. The first-order valence-corrected chi connectivity index (χ1v) is 15.9. The number of ether oxygens (including phenoxy) is 3. The van der Waals surface area contributed by atoms with Gasteiger partial charge in [0, 0.05) is 17.7 Å². The standard InChI is InChI=1S/C24H36FN6O9PS/c1-6-35-18-15-17(29-21(26)30-18)31(13-28-15)19-24(5,25)16-14(39-19)12-38-41(34,40-16)37-10-11-42-20(32)23(3,4)8-9-27-22(33)36-7-2/h13-14,16,19H,6-12H2,1-5H3,(H,27,33)(H2,26,29,30)/t14-,16-,19-,24-,41?/m1/s1. The Balaban J connectivity index is 1.33. The van der Waals surface area contributed by atoms with Crippen molar-refractivity contribution in [2.75, 3.05) is 44.5 Å². The summed E-state index contributed by atoms with van der Waals surface area (Å²) in [6.45, 7) is 8.66. The summed E-state index contributed by atoms with van der Waals surface area (Å²) in [5.74, 6) is 0.212. The molecule has 0 spiro atoms. The largest absolute Gasteiger partial charge is 0.476 e. The van der Waals surface area contributed by atoms with Crippen LogP contribution in [0, 0.1) is 5.41 Å². The van der Waals surface area contributed by atoms with E-state index >= 15 is 4.39 Å². The Kier molecular flexibility index (Phi) is 10.00. The molecular formula is C24H36FN6O9PS. The van der Waals surface area contributed by atoms with Crippen LogP contribution in [0.4, 0.5) is 15.1 Å². The zero-order valence-corrected chi connectivity index (χ0v) is 25.7. The van der Waals surface area contributed by atoms with Gasteiger partial charge in [-0.25, -0.2) is 18.7 Å². The number of aromatic nitrogens is 4. The summed E-state index contributed by atoms with van der Waals surface area (Å²) in [6, 6.07) is 0. The topological polar surface area (TPSA) is 188 Å². The van der Waals surface area contributed by atoms with Gasteiger partial charge in [0.15, 0.2) is 28.2 Å². The number of rotatable bonds is 12. The zero-order chi connectivity index (χ0) is 30.7. The number of phosphoric acid groups is 1. The summed E-state index contributed by atoms with van der Waals surface area (Å²) in [5.41, 5.74) is 3.34. The molecule has 1 unspecified atom stereocenters. The highest BCUT2D eigenvalue weighted by atomic mass is 32.2. The summed E-state index contributed by atoms with van der Waals surface area (Å²) in [5, 5.41) is 2.44. The van der Waals surface area contributed by atoms with Crippen molar-refractivity contribution in [2.45, 2.75) is 65.1 Å². The Labute approximate surface area is 246 Å². The molecule has 2 aromatic heterocycles. The molecule has 42 heavy (non-hydrogen) atoms. The summed E-state index contributed by atoms with van der Waals surface area (Å²) in [4.78, 5) is 36.6. The van der Waals surface area contributed by atoms with Crippen LogP contribution < -0.4 is 15.8 Å². The number of phosphoric ester groups is 1. The first-order valence-electron chi connectivity index (χ1n) is 13.4. The lowest BCUT2D eigenvalue weighted by molar-refractivity contribution is -0.118. The number of hydrogen-bond donors (Lipinski definition) is 2. The molecule has 0 saturated carbocycles. The van der Waals surface area contributed by atoms with Crippen molar-refractivity contribution in [3.05, 3.63) is 6.33 Å². The highest BCUT2D eigenvalue weighted by molar-refractivity contribution is 8.13. The average Bonchev–Trinajstić information content (AvgIpc) is 3.44. The van der Waals surface area contributed by atoms with Gasteiger partial charge in [-0.3, -0.25) is 22.9 Å². The summed E-state index contributed by atoms with van der Waals surface area (Å²) in [7, 11) is -4.17. The lowest BCUT2D eigenvalue weighted by Gasteiger charge is -2.33. The molecule has 15 nitrogen and oxygen atoms in total. The number of nitrogen functional groups attached to an aromatic ring is 1. The fourth-order valence-corrected chi connectivity index (χ4v) is 6.90. The second-order valence-corrected chi connectivity index (χ2v) is 13.0. The molecule has 0 bridgehead atoms. The van der Waals surface area contributed by atoms with Crippen molar-refractivity contribution >= 4 is 47.9 Å². The molecular weight excluding hydrogens is 598 g/mol. The molecule has 2 aliphatic heterocycles. The van der Waals surface area contributed by atoms with Gasteiger partial charge in [-0.15, -0.1) is 0 Å². The molecule has 2 aromatic rings. The van der Waals surface area contributed by atoms with Gasteiger partial charge >= 0.3 is 13.9 Å². The highest BCUT2D eigenvalue weighted by Crippen LogP contribution is 2.59. The lowest BCUT2D eigenvalue weighted by atomic mass is 9.91. The van der Waals surface area contributed by atoms with E-state index in [1.807, 2.05) is 0 Å². The van der Waals surface area contributed by atoms with Gasteiger partial charge in [-0.2, -0.15) is 9.97 Å². The monoisotopic (exact) mass is 634 g/mol. The average molecular weight is 635 g/mol. The predicted molar refractivity (Wildman–Crippen MR) is 150 cm³/mol. The summed E-state index contributed by atoms with van der Waals surface area (Å²) in [6.07, 6.45) is -2.30. The van der Waals surface area contributed by atoms with Crippen molar-refractivity contribution in [3.8, 4) is 5.88 Å². The number of nitrogens with zero attached hydrogens (tertiary/aromatic N) is 4. The number of fused-ring (bicyclic) bond motifs is 2. The Morgan fingerprint density at radius 3 is 2.81 bits per heavy atom. The molecule has 4 heterocycles. The molecule has 1 amide bonds. The molecule has 0 aliphatic carbocycles. The van der Waals surface area contributed by atoms with Crippen molar-refractivity contribution in [1.29, 1.82) is 0 Å². The van der Waals surface area contributed by atoms with Crippen LogP contribution in [-0.2, 0) is 32.4 Å². The van der Waals surface area contributed by atoms with Gasteiger partial charge in [0.25, 0.3) is 0 Å². The van der Waals surface area contributed by atoms with Crippen LogP contribution in [0.3, 0.4) is 0 Å². The van der Waals surface area contributed by atoms with Crippen molar-refractivity contribution < 1.29 is 46.3 Å². The van der Waals surface area contributed by atoms with Crippen molar-refractivity contribution in [2.24, 2.45) is 5.41 Å². The van der Waals surface area contributed by atoms with Crippen LogP contribution in [0.1, 0.15) is 47.3 Å². The van der Waals surface area contributed by atoms with Gasteiger partial charge in [0.05, 0.1) is 32.8 Å². The number of nitrogens with two attached hydrogens (primary N) is 1. The third-order valence-electron chi connectivity index (χ3n) is 6.67. The van der Waals surface area contributed by atoms with Gasteiger partial charge in [-0.05, 0) is 27.2 Å². The Hall–Kier alpha value is -2.56. The van der Waals surface area contributed by atoms with Gasteiger partial charge < -0.3 is 25.3 Å². The van der Waals surface area contributed by atoms with E-state index in [0.717, 1.165) is 11.8 Å². The number of carbonyl (C=O) groups excluding carboxylic acids is 2. The highest BCUT2D eigenvalue weighted by Gasteiger charge is 2.61. The number of alkyl carbamates (subject to hydrolysis) is 1. The first-order chi connectivity index (χ1) is 19.8. The maximum Gasteiger partial charge on any atom is 0.475 e. The van der Waals surface area contributed by atoms with E-state index in [9.17, 15) is 14.2 Å². The van der Waals surface area contributed by atoms with Crippen LogP contribution >= 0.6 is 19.6 Å². The number of hydrogen-bond acceptors (Lipinski definition) is 14. The van der Waals surface area contributed by atoms with Crippen LogP contribution in [0.2, 0.25) is 0 Å². The number of thioether (sulfide) groups is 1. The Morgan fingerprint density at radius 1 is 1.33 bits per heavy atom. The molecule has 0 aromatic carbocycles. The van der Waals surface area contributed by atoms with Crippen LogP contribution in [0.15, 0.2) is 6.33 Å². The number of carbonyl (C=O) groups is 2. The van der Waals surface area contributed by atoms with E-state index in [-0.39, 0.29) is 60.2 Å². The van der Waals surface area contributed by atoms with Crippen LogP contribution in [0.25, 0.3) is 11.2 Å². The summed E-state index contributed by atoms with van der Waals surface area (Å²) >= 11 is 0.983. The minimum absolute atomic E-state index is 0.0887. The van der Waals surface area contributed by atoms with Crippen molar-refractivity contribution in [1.82, 2.24) is 24.8 Å². The summed E-state index contributed by atoms with van der Waals surface area (Å²) < 4.78 is 63.4. The number of nitrogens with one attached hydrogen (secondary N) is 1. The number of imidazole rings is 1. The van der Waals surface area contributed by atoms with Crippen molar-refractivity contribution in [3.63, 3.8) is 0 Å². The lowest BCUT2D eigenvalue weighted by Crippen LogP contribution is -2.44. The zero-order valence-electron chi connectivity index (χ0n) is 24.0. The molecule has 2 saturated heterocycles. The van der Waals surface area contributed by atoms with E-state index in [1.165, 1.54) is 17.8 Å². The molecule has 3 N–H and O–H groups in total. The Bertz CT molecular complexity index is 1340. The first kappa shape index (κ1) is 32.4. The van der Waals surface area contributed by atoms with E-state index in [1.54, 1.807) is 27.7 Å². The minimum atomic E-state index is -4.17. The Morgan fingerprint density at radius 2 is 2.10 bits per heavy atom. The van der Waals surface area contributed by atoms with E-state index in [2.05, 4.69) is 20.3 Å². The molecule has 234 valence electrons. The van der Waals surface area contributed by atoms with E-state index in [0.29, 0.717) is 13.0 Å². The molecule has 2 fully saturated rings. The SMILES string of the molecule is CCOC(=O)NCCC(C)(C)C(=O)SCCOP1(=O)OC[C@H]2O[C@@H](n3cnc4c(OCC)nc(N)nc43)[C@](C)(F)[C@@H]2O1. The van der Waals surface area contributed by atoms with Gasteiger partial charge in [0.2, 0.25) is 11.8 Å². The van der Waals surface area contributed by atoms with Gasteiger partial charge in [-0.1, -0.05) is 25.6 Å². The normalized spacial score (nSPS) is 27.5. The molecule has 18 heteroatoms. The molecule has 4 rings (SSSR count). The quantitative estimate of drug-likeness (QED) is 0.255. The fraction of sp³-hybridized carbons (Fsp3) is 0.708. The second kappa shape index (κ2) is 13.0. The number of alkyl halides is 1. The number of amides is 1. The van der Waals surface area contributed by atoms with Crippen LogP contribution in [0.5, 0.6) is 5.88 Å². The van der Waals surface area contributed by atoms with E-state index < -0.39 is 43.4 Å². The third-order valence-corrected chi connectivity index (χ3v) is 9.31. The minimum Gasteiger partial charge on any atom is -0.476 e. The molecule has 2 aliphatic rings. The fourth-order valence-electron chi connectivity index (χ4n) is 4.47. The van der Waals surface area contributed by atoms with Gasteiger partial charge in [0.1, 0.15) is 12.2 Å². The predicted octanol–water partition coefficient (Wildman–Crippen LogP) is 3.40. The second-order valence-electron chi connectivity index (χ2n) is 10.3. The molecule has 5 atom stereocenters. The maximum absolute atomic E-state index is 16.3.